The number of carbonyl (C=O) groups is 2. The fraction of sp³-hybridized carbons (Fsp3) is 0.579. The number of hydrogen-bond donors (Lipinski definition) is 2. The van der Waals surface area contributed by atoms with Gasteiger partial charge in [-0.25, -0.2) is 0 Å². The average Bonchev–Trinajstić information content (AvgIpc) is 2.41. The van der Waals surface area contributed by atoms with Gasteiger partial charge in [-0.2, -0.15) is 0 Å². The molecule has 0 radical (unpaired) electrons. The van der Waals surface area contributed by atoms with Crippen LogP contribution in [0.2, 0.25) is 0 Å². The highest BCUT2D eigenvalue weighted by molar-refractivity contribution is 5.85. The van der Waals surface area contributed by atoms with Crippen molar-refractivity contribution in [2.45, 2.75) is 58.9 Å². The molecule has 23 heavy (non-hydrogen) atoms. The molecule has 0 heterocycles. The highest BCUT2D eigenvalue weighted by Gasteiger charge is 2.46. The predicted molar refractivity (Wildman–Crippen MR) is 89.9 cm³/mol. The Morgan fingerprint density at radius 2 is 1.83 bits per heavy atom. The van der Waals surface area contributed by atoms with Gasteiger partial charge >= 0.3 is 5.97 Å². The first-order valence-electron chi connectivity index (χ1n) is 8.30. The van der Waals surface area contributed by atoms with Gasteiger partial charge in [-0.3, -0.25) is 9.59 Å². The zero-order valence-corrected chi connectivity index (χ0v) is 14.3. The normalized spacial score (nSPS) is 17.9. The van der Waals surface area contributed by atoms with Crippen LogP contribution in [0, 0.1) is 10.8 Å². The van der Waals surface area contributed by atoms with Crippen LogP contribution in [0.5, 0.6) is 0 Å². The Kier molecular flexibility index (Phi) is 5.12. The summed E-state index contributed by atoms with van der Waals surface area (Å²) < 4.78 is 0. The van der Waals surface area contributed by atoms with Crippen LogP contribution in [-0.4, -0.2) is 17.0 Å². The van der Waals surface area contributed by atoms with E-state index in [0.717, 1.165) is 18.4 Å². The van der Waals surface area contributed by atoms with Gasteiger partial charge in [0.05, 0.1) is 11.5 Å². The van der Waals surface area contributed by atoms with Crippen LogP contribution in [0.15, 0.2) is 30.3 Å². The first-order chi connectivity index (χ1) is 10.7. The molecule has 4 heteroatoms. The van der Waals surface area contributed by atoms with E-state index in [4.69, 9.17) is 0 Å². The minimum Gasteiger partial charge on any atom is -0.481 e. The summed E-state index contributed by atoms with van der Waals surface area (Å²) in [6.45, 7) is 6.42. The smallest absolute Gasteiger partial charge is 0.310 e. The molecule has 126 valence electrons. The molecule has 0 saturated heterocycles. The molecule has 0 aromatic heterocycles. The molecule has 1 aliphatic rings. The van der Waals surface area contributed by atoms with Crippen LogP contribution < -0.4 is 5.32 Å². The SMILES string of the molecule is CC(C)(C)CC(NC(=O)CC1(C(=O)O)CCC1)c1ccccc1. The fourth-order valence-electron chi connectivity index (χ4n) is 3.17. The summed E-state index contributed by atoms with van der Waals surface area (Å²) >= 11 is 0. The molecule has 1 atom stereocenters. The van der Waals surface area contributed by atoms with Gasteiger partial charge in [0.1, 0.15) is 0 Å². The lowest BCUT2D eigenvalue weighted by Gasteiger charge is -2.37. The zero-order chi connectivity index (χ0) is 17.1. The molecule has 1 fully saturated rings. The lowest BCUT2D eigenvalue weighted by atomic mass is 9.66. The molecule has 1 saturated carbocycles. The van der Waals surface area contributed by atoms with E-state index in [2.05, 4.69) is 26.1 Å². The summed E-state index contributed by atoms with van der Waals surface area (Å²) in [5.41, 5.74) is 0.288. The van der Waals surface area contributed by atoms with Crippen LogP contribution in [-0.2, 0) is 9.59 Å². The Balaban J connectivity index is 2.08. The Hall–Kier alpha value is -1.84. The number of rotatable bonds is 6. The van der Waals surface area contributed by atoms with Gasteiger partial charge in [0.15, 0.2) is 0 Å². The first kappa shape index (κ1) is 17.5. The molecule has 0 aliphatic heterocycles. The van der Waals surface area contributed by atoms with Crippen LogP contribution in [0.25, 0.3) is 0 Å². The van der Waals surface area contributed by atoms with Crippen molar-refractivity contribution in [2.75, 3.05) is 0 Å². The Labute approximate surface area is 138 Å². The second-order valence-corrected chi connectivity index (χ2v) is 7.91. The lowest BCUT2D eigenvalue weighted by molar-refractivity contribution is -0.157. The summed E-state index contributed by atoms with van der Waals surface area (Å²) in [4.78, 5) is 23.9. The fourth-order valence-corrected chi connectivity index (χ4v) is 3.17. The molecule has 1 aromatic rings. The van der Waals surface area contributed by atoms with E-state index in [-0.39, 0.29) is 23.8 Å². The van der Waals surface area contributed by atoms with E-state index in [1.165, 1.54) is 0 Å². The topological polar surface area (TPSA) is 66.4 Å². The number of aliphatic carboxylic acids is 1. The van der Waals surface area contributed by atoms with Gasteiger partial charge in [-0.05, 0) is 30.2 Å². The van der Waals surface area contributed by atoms with Gasteiger partial charge in [0, 0.05) is 6.42 Å². The van der Waals surface area contributed by atoms with Gasteiger partial charge < -0.3 is 10.4 Å². The van der Waals surface area contributed by atoms with Crippen molar-refractivity contribution >= 4 is 11.9 Å². The zero-order valence-electron chi connectivity index (χ0n) is 14.3. The van der Waals surface area contributed by atoms with Gasteiger partial charge in [-0.1, -0.05) is 57.5 Å². The van der Waals surface area contributed by atoms with E-state index in [9.17, 15) is 14.7 Å². The van der Waals surface area contributed by atoms with Gasteiger partial charge in [0.2, 0.25) is 5.91 Å². The maximum Gasteiger partial charge on any atom is 0.310 e. The second-order valence-electron chi connectivity index (χ2n) is 7.91. The maximum absolute atomic E-state index is 12.5. The van der Waals surface area contributed by atoms with Crippen molar-refractivity contribution in [1.82, 2.24) is 5.32 Å². The van der Waals surface area contributed by atoms with Gasteiger partial charge in [-0.15, -0.1) is 0 Å². The number of nitrogens with one attached hydrogen (secondary N) is 1. The third-order valence-corrected chi connectivity index (χ3v) is 4.62. The maximum atomic E-state index is 12.5. The van der Waals surface area contributed by atoms with E-state index in [1.54, 1.807) is 0 Å². The average molecular weight is 317 g/mol. The Morgan fingerprint density at radius 3 is 2.26 bits per heavy atom. The van der Waals surface area contributed by atoms with Crippen LogP contribution in [0.3, 0.4) is 0 Å². The summed E-state index contributed by atoms with van der Waals surface area (Å²) in [6, 6.07) is 9.80. The monoisotopic (exact) mass is 317 g/mol. The molecule has 0 bridgehead atoms. The number of hydrogen-bond acceptors (Lipinski definition) is 2. The van der Waals surface area contributed by atoms with Crippen molar-refractivity contribution < 1.29 is 14.7 Å². The van der Waals surface area contributed by atoms with Crippen LogP contribution in [0.4, 0.5) is 0 Å². The lowest BCUT2D eigenvalue weighted by Crippen LogP contribution is -2.43. The molecule has 0 spiro atoms. The minimum atomic E-state index is -0.842. The third kappa shape index (κ3) is 4.57. The largest absolute Gasteiger partial charge is 0.481 e. The van der Waals surface area contributed by atoms with E-state index >= 15 is 0 Å². The number of carboxylic acids is 1. The number of amides is 1. The Morgan fingerprint density at radius 1 is 1.22 bits per heavy atom. The van der Waals surface area contributed by atoms with Crippen molar-refractivity contribution in [1.29, 1.82) is 0 Å². The van der Waals surface area contributed by atoms with Crippen LogP contribution >= 0.6 is 0 Å². The van der Waals surface area contributed by atoms with Crippen molar-refractivity contribution in [3.63, 3.8) is 0 Å². The highest BCUT2D eigenvalue weighted by Crippen LogP contribution is 2.44. The Bertz CT molecular complexity index is 556. The molecular formula is C19H27NO3. The molecule has 1 unspecified atom stereocenters. The van der Waals surface area contributed by atoms with E-state index in [0.29, 0.717) is 12.8 Å². The quantitative estimate of drug-likeness (QED) is 0.835. The first-order valence-corrected chi connectivity index (χ1v) is 8.30. The van der Waals surface area contributed by atoms with Gasteiger partial charge in [0.25, 0.3) is 0 Å². The van der Waals surface area contributed by atoms with Crippen LogP contribution in [0.1, 0.15) is 64.5 Å². The molecule has 1 aliphatic carbocycles. The van der Waals surface area contributed by atoms with Crippen molar-refractivity contribution in [3.8, 4) is 0 Å². The molecular weight excluding hydrogens is 290 g/mol. The van der Waals surface area contributed by atoms with E-state index in [1.807, 2.05) is 30.3 Å². The van der Waals surface area contributed by atoms with Crippen molar-refractivity contribution in [3.05, 3.63) is 35.9 Å². The molecule has 2 rings (SSSR count). The summed E-state index contributed by atoms with van der Waals surface area (Å²) in [5, 5.41) is 12.5. The summed E-state index contributed by atoms with van der Waals surface area (Å²) in [5.74, 6) is -1.00. The number of carboxylic acid groups (broad SMARTS) is 1. The minimum absolute atomic E-state index is 0.0642. The highest BCUT2D eigenvalue weighted by atomic mass is 16.4. The molecule has 2 N–H and O–H groups in total. The molecule has 4 nitrogen and oxygen atoms in total. The number of carbonyl (C=O) groups excluding carboxylic acids is 1. The third-order valence-electron chi connectivity index (χ3n) is 4.62. The van der Waals surface area contributed by atoms with E-state index < -0.39 is 11.4 Å². The standard InChI is InChI=1S/C19H27NO3/c1-18(2,3)12-15(14-8-5-4-6-9-14)20-16(21)13-19(17(22)23)10-7-11-19/h4-6,8-9,15H,7,10-13H2,1-3H3,(H,20,21)(H,22,23). The summed E-state index contributed by atoms with van der Waals surface area (Å²) in [6.07, 6.45) is 2.98. The van der Waals surface area contributed by atoms with Crippen molar-refractivity contribution in [2.24, 2.45) is 10.8 Å². The number of benzene rings is 1. The predicted octanol–water partition coefficient (Wildman–Crippen LogP) is 3.93. The molecule has 1 amide bonds. The summed E-state index contributed by atoms with van der Waals surface area (Å²) in [7, 11) is 0. The second kappa shape index (κ2) is 6.73. The molecule has 1 aromatic carbocycles.